The Balaban J connectivity index is 2.21. The average Bonchev–Trinajstić information content (AvgIpc) is 2.80. The van der Waals surface area contributed by atoms with Gasteiger partial charge in [0, 0.05) is 41.2 Å². The molecule has 1 N–H and O–H groups in total. The Kier molecular flexibility index (Phi) is 10.9. The van der Waals surface area contributed by atoms with E-state index in [1.807, 2.05) is 13.8 Å². The Hall–Kier alpha value is -2.49. The van der Waals surface area contributed by atoms with Crippen LogP contribution in [0.4, 0.5) is 5.69 Å². The molecule has 0 aliphatic rings. The van der Waals surface area contributed by atoms with Crippen molar-refractivity contribution in [2.24, 2.45) is 0 Å². The van der Waals surface area contributed by atoms with Crippen LogP contribution in [0.15, 0.2) is 42.5 Å². The molecule has 0 saturated carbocycles. The van der Waals surface area contributed by atoms with Crippen molar-refractivity contribution in [2.75, 3.05) is 24.2 Å². The number of methoxy groups -OCH3 is 1. The standard InChI is InChI=1S/C25H33Cl2N3O5S/c1-17(2)28-25(32)18(3)29(16-21-22(26)8-6-9-23(21)27)24(31)10-7-15-30(36(5,33)34)19-11-13-20(35-4)14-12-19/h6,8-9,11-14,17-18H,7,10,15-16H2,1-5H3,(H,28,32)/t18-/m0/s1. The molecule has 0 fully saturated rings. The summed E-state index contributed by atoms with van der Waals surface area (Å²) in [6.07, 6.45) is 1.37. The van der Waals surface area contributed by atoms with Gasteiger partial charge in [0.15, 0.2) is 0 Å². The van der Waals surface area contributed by atoms with Crippen molar-refractivity contribution in [1.29, 1.82) is 0 Å². The zero-order valence-electron chi connectivity index (χ0n) is 21.1. The number of halogens is 2. The van der Waals surface area contributed by atoms with Crippen molar-refractivity contribution in [3.8, 4) is 5.75 Å². The predicted molar refractivity (Wildman–Crippen MR) is 144 cm³/mol. The third kappa shape index (κ3) is 8.28. The van der Waals surface area contributed by atoms with Gasteiger partial charge in [0.1, 0.15) is 11.8 Å². The van der Waals surface area contributed by atoms with Crippen LogP contribution in [-0.2, 0) is 26.2 Å². The molecule has 2 rings (SSSR count). The minimum Gasteiger partial charge on any atom is -0.497 e. The minimum atomic E-state index is -3.59. The summed E-state index contributed by atoms with van der Waals surface area (Å²) in [5.41, 5.74) is 1.00. The van der Waals surface area contributed by atoms with Gasteiger partial charge in [-0.2, -0.15) is 0 Å². The van der Waals surface area contributed by atoms with Crippen LogP contribution in [0.1, 0.15) is 39.2 Å². The van der Waals surface area contributed by atoms with Crippen LogP contribution in [0.3, 0.4) is 0 Å². The van der Waals surface area contributed by atoms with Crippen molar-refractivity contribution in [1.82, 2.24) is 10.2 Å². The zero-order valence-corrected chi connectivity index (χ0v) is 23.5. The second-order valence-corrected chi connectivity index (χ2v) is 11.4. The average molecular weight is 559 g/mol. The second kappa shape index (κ2) is 13.2. The summed E-state index contributed by atoms with van der Waals surface area (Å²) in [7, 11) is -2.06. The number of amides is 2. The third-order valence-electron chi connectivity index (χ3n) is 5.50. The molecular weight excluding hydrogens is 525 g/mol. The van der Waals surface area contributed by atoms with Gasteiger partial charge in [-0.05, 0) is 63.6 Å². The van der Waals surface area contributed by atoms with E-state index >= 15 is 0 Å². The van der Waals surface area contributed by atoms with Gasteiger partial charge in [0.25, 0.3) is 0 Å². The van der Waals surface area contributed by atoms with Crippen molar-refractivity contribution in [3.63, 3.8) is 0 Å². The molecule has 1 atom stereocenters. The lowest BCUT2D eigenvalue weighted by atomic mass is 10.1. The number of ether oxygens (including phenoxy) is 1. The first-order valence-corrected chi connectivity index (χ1v) is 14.1. The monoisotopic (exact) mass is 557 g/mol. The highest BCUT2D eigenvalue weighted by molar-refractivity contribution is 7.92. The molecule has 0 aliphatic heterocycles. The van der Waals surface area contributed by atoms with Crippen LogP contribution >= 0.6 is 23.2 Å². The number of rotatable bonds is 12. The van der Waals surface area contributed by atoms with Crippen molar-refractivity contribution in [2.45, 2.75) is 52.2 Å². The summed E-state index contributed by atoms with van der Waals surface area (Å²) >= 11 is 12.7. The van der Waals surface area contributed by atoms with E-state index in [0.717, 1.165) is 6.26 Å². The normalized spacial score (nSPS) is 12.2. The quantitative estimate of drug-likeness (QED) is 0.414. The molecule has 0 heterocycles. The van der Waals surface area contributed by atoms with Crippen LogP contribution in [0.5, 0.6) is 5.75 Å². The van der Waals surface area contributed by atoms with Gasteiger partial charge in [-0.3, -0.25) is 13.9 Å². The molecule has 0 saturated heterocycles. The molecule has 0 spiro atoms. The first kappa shape index (κ1) is 29.7. The number of nitrogens with one attached hydrogen (secondary N) is 1. The first-order valence-electron chi connectivity index (χ1n) is 11.5. The highest BCUT2D eigenvalue weighted by Gasteiger charge is 2.28. The van der Waals surface area contributed by atoms with E-state index in [1.165, 1.54) is 16.3 Å². The molecule has 0 radical (unpaired) electrons. The number of sulfonamides is 1. The van der Waals surface area contributed by atoms with Gasteiger partial charge in [0.05, 0.1) is 19.1 Å². The van der Waals surface area contributed by atoms with E-state index in [9.17, 15) is 18.0 Å². The molecule has 8 nitrogen and oxygen atoms in total. The number of anilines is 1. The number of carbonyl (C=O) groups excluding carboxylic acids is 2. The summed E-state index contributed by atoms with van der Waals surface area (Å²) in [4.78, 5) is 27.5. The highest BCUT2D eigenvalue weighted by atomic mass is 35.5. The molecule has 2 aromatic carbocycles. The van der Waals surface area contributed by atoms with Gasteiger partial charge >= 0.3 is 0 Å². The fourth-order valence-electron chi connectivity index (χ4n) is 3.59. The summed E-state index contributed by atoms with van der Waals surface area (Å²) in [6, 6.07) is 10.8. The van der Waals surface area contributed by atoms with Crippen molar-refractivity contribution < 1.29 is 22.7 Å². The van der Waals surface area contributed by atoms with Crippen LogP contribution < -0.4 is 14.4 Å². The lowest BCUT2D eigenvalue weighted by Crippen LogP contribution is -2.49. The van der Waals surface area contributed by atoms with Gasteiger partial charge in [-0.25, -0.2) is 8.42 Å². The smallest absolute Gasteiger partial charge is 0.242 e. The Morgan fingerprint density at radius 1 is 1.03 bits per heavy atom. The summed E-state index contributed by atoms with van der Waals surface area (Å²) < 4.78 is 31.2. The molecule has 2 amide bonds. The van der Waals surface area contributed by atoms with E-state index in [1.54, 1.807) is 49.4 Å². The molecule has 11 heteroatoms. The Morgan fingerprint density at radius 3 is 2.11 bits per heavy atom. The maximum absolute atomic E-state index is 13.3. The maximum atomic E-state index is 13.3. The van der Waals surface area contributed by atoms with Crippen LogP contribution in [-0.4, -0.2) is 57.1 Å². The number of carbonyl (C=O) groups is 2. The van der Waals surface area contributed by atoms with E-state index in [0.29, 0.717) is 27.0 Å². The maximum Gasteiger partial charge on any atom is 0.242 e. The van der Waals surface area contributed by atoms with Gasteiger partial charge in [-0.1, -0.05) is 29.3 Å². The van der Waals surface area contributed by atoms with E-state index in [4.69, 9.17) is 27.9 Å². The van der Waals surface area contributed by atoms with E-state index < -0.39 is 16.1 Å². The fourth-order valence-corrected chi connectivity index (χ4v) is 5.08. The van der Waals surface area contributed by atoms with Gasteiger partial charge < -0.3 is 15.0 Å². The van der Waals surface area contributed by atoms with Gasteiger partial charge in [0.2, 0.25) is 21.8 Å². The number of benzene rings is 2. The largest absolute Gasteiger partial charge is 0.497 e. The molecule has 198 valence electrons. The molecule has 0 bridgehead atoms. The summed E-state index contributed by atoms with van der Waals surface area (Å²) in [6.45, 7) is 5.43. The van der Waals surface area contributed by atoms with Crippen molar-refractivity contribution >= 4 is 50.7 Å². The van der Waals surface area contributed by atoms with E-state index in [2.05, 4.69) is 5.32 Å². The lowest BCUT2D eigenvalue weighted by molar-refractivity contribution is -0.140. The Labute approximate surface area is 223 Å². The van der Waals surface area contributed by atoms with Crippen LogP contribution in [0, 0.1) is 0 Å². The summed E-state index contributed by atoms with van der Waals surface area (Å²) in [5.74, 6) is -0.0250. The van der Waals surface area contributed by atoms with Crippen molar-refractivity contribution in [3.05, 3.63) is 58.1 Å². The lowest BCUT2D eigenvalue weighted by Gasteiger charge is -2.30. The second-order valence-electron chi connectivity index (χ2n) is 8.70. The molecule has 0 aromatic heterocycles. The molecule has 36 heavy (non-hydrogen) atoms. The molecule has 2 aromatic rings. The van der Waals surface area contributed by atoms with E-state index in [-0.39, 0.29) is 43.8 Å². The topological polar surface area (TPSA) is 96.0 Å². The zero-order chi connectivity index (χ0) is 27.0. The third-order valence-corrected chi connectivity index (χ3v) is 7.40. The Bertz CT molecular complexity index is 1140. The first-order chi connectivity index (χ1) is 16.8. The number of hydrogen-bond acceptors (Lipinski definition) is 5. The summed E-state index contributed by atoms with van der Waals surface area (Å²) in [5, 5.41) is 3.60. The fraction of sp³-hybridized carbons (Fsp3) is 0.440. The van der Waals surface area contributed by atoms with Crippen LogP contribution in [0.2, 0.25) is 10.0 Å². The predicted octanol–water partition coefficient (Wildman–Crippen LogP) is 4.49. The van der Waals surface area contributed by atoms with Gasteiger partial charge in [-0.15, -0.1) is 0 Å². The minimum absolute atomic E-state index is 0.0174. The van der Waals surface area contributed by atoms with Crippen LogP contribution in [0.25, 0.3) is 0 Å². The molecule has 0 aliphatic carbocycles. The Morgan fingerprint density at radius 2 is 1.61 bits per heavy atom. The number of hydrogen-bond donors (Lipinski definition) is 1. The SMILES string of the molecule is COc1ccc(N(CCCC(=O)N(Cc2c(Cl)cccc2Cl)[C@@H](C)C(=O)NC(C)C)S(C)(=O)=O)cc1. The highest BCUT2D eigenvalue weighted by Crippen LogP contribution is 2.27. The molecule has 0 unspecified atom stereocenters. The molecular formula is C25H33Cl2N3O5S. The number of nitrogens with zero attached hydrogens (tertiary/aromatic N) is 2.